The molecule has 32 heavy (non-hydrogen) atoms. The monoisotopic (exact) mass is 594 g/mol. The molecule has 0 fully saturated rings. The number of fused-ring (bicyclic) bond motifs is 2. The molecule has 0 saturated carbocycles. The van der Waals surface area contributed by atoms with Crippen LogP contribution in [0.4, 0.5) is 11.4 Å². The summed E-state index contributed by atoms with van der Waals surface area (Å²) < 4.78 is 67.7. The van der Waals surface area contributed by atoms with Crippen molar-refractivity contribution in [2.75, 3.05) is 0 Å². The first kappa shape index (κ1) is 24.8. The average molecular weight is 594 g/mol. The fraction of sp³-hybridized carbons (Fsp3) is 0. The van der Waals surface area contributed by atoms with Gasteiger partial charge in [0.2, 0.25) is 0 Å². The summed E-state index contributed by atoms with van der Waals surface area (Å²) in [5.74, 6) is -0.374. The molecule has 0 bridgehead atoms. The van der Waals surface area contributed by atoms with Crippen LogP contribution in [0.3, 0.4) is 0 Å². The van der Waals surface area contributed by atoms with Crippen molar-refractivity contribution in [3.63, 3.8) is 0 Å². The summed E-state index contributed by atoms with van der Waals surface area (Å²) in [6.07, 6.45) is 0. The molecule has 4 rings (SSSR count). The van der Waals surface area contributed by atoms with E-state index < -0.39 is 30.0 Å². The van der Waals surface area contributed by atoms with Crippen LogP contribution in [-0.2, 0) is 20.2 Å². The summed E-state index contributed by atoms with van der Waals surface area (Å²) in [7, 11) is -10.3. The summed E-state index contributed by atoms with van der Waals surface area (Å²) in [6.45, 7) is 0. The third kappa shape index (κ3) is 4.90. The van der Waals surface area contributed by atoms with Crippen molar-refractivity contribution in [1.29, 1.82) is 0 Å². The predicted molar refractivity (Wildman–Crippen MR) is 115 cm³/mol. The second-order valence-electron chi connectivity index (χ2n) is 6.56. The van der Waals surface area contributed by atoms with Gasteiger partial charge in [0.1, 0.15) is 15.0 Å². The van der Waals surface area contributed by atoms with Crippen LogP contribution in [0.5, 0.6) is 5.75 Å². The largest absolute Gasteiger partial charge is 2.00 e. The Kier molecular flexibility index (Phi) is 7.14. The standard InChI is InChI=1S/C20H14N2O7S2.Ba/c23-17-9-6-12-3-1-2-4-15(12)19(17)22-21-14-8-5-13-7-10-18(30(24,25)26)20(16(13)11-14)31(27,28)29;/h1-11,23H,(H,24,25,26)(H,27,28,29);/q;+2/p-2. The van der Waals surface area contributed by atoms with Gasteiger partial charge in [0, 0.05) is 10.8 Å². The second kappa shape index (κ2) is 9.21. The van der Waals surface area contributed by atoms with E-state index in [1.807, 2.05) is 0 Å². The van der Waals surface area contributed by atoms with Crippen molar-refractivity contribution in [2.24, 2.45) is 10.2 Å². The van der Waals surface area contributed by atoms with Crippen molar-refractivity contribution in [3.8, 4) is 5.75 Å². The van der Waals surface area contributed by atoms with Crippen LogP contribution in [0, 0.1) is 0 Å². The Morgan fingerprint density at radius 2 is 1.41 bits per heavy atom. The Morgan fingerprint density at radius 1 is 0.781 bits per heavy atom. The maximum Gasteiger partial charge on any atom is 2.00 e. The zero-order valence-corrected chi connectivity index (χ0v) is 22.2. The van der Waals surface area contributed by atoms with E-state index in [-0.39, 0.29) is 76.8 Å². The first-order valence-corrected chi connectivity index (χ1v) is 11.5. The topological polar surface area (TPSA) is 159 Å². The third-order valence-electron chi connectivity index (χ3n) is 4.58. The Morgan fingerprint density at radius 3 is 2.09 bits per heavy atom. The van der Waals surface area contributed by atoms with Crippen molar-refractivity contribution in [2.45, 2.75) is 9.79 Å². The fourth-order valence-electron chi connectivity index (χ4n) is 3.23. The number of hydrogen-bond donors (Lipinski definition) is 1. The molecule has 0 atom stereocenters. The first-order valence-electron chi connectivity index (χ1n) is 8.66. The fourth-order valence-corrected chi connectivity index (χ4v) is 5.20. The smallest absolute Gasteiger partial charge is 0.871 e. The number of nitrogens with zero attached hydrogens (tertiary/aromatic N) is 2. The molecule has 9 nitrogen and oxygen atoms in total. The van der Waals surface area contributed by atoms with Crippen LogP contribution in [0.2, 0.25) is 0 Å². The van der Waals surface area contributed by atoms with E-state index in [9.17, 15) is 31.0 Å². The molecule has 0 radical (unpaired) electrons. The van der Waals surface area contributed by atoms with Gasteiger partial charge in [-0.2, -0.15) is 18.6 Å². The van der Waals surface area contributed by atoms with E-state index >= 15 is 0 Å². The minimum atomic E-state index is -5.19. The van der Waals surface area contributed by atoms with Gasteiger partial charge < -0.3 is 9.66 Å². The van der Waals surface area contributed by atoms with Gasteiger partial charge >= 0.3 is 48.9 Å². The number of benzene rings is 4. The molecule has 0 aliphatic carbocycles. The molecule has 0 amide bonds. The number of azo groups is 1. The van der Waals surface area contributed by atoms with Crippen LogP contribution in [0.25, 0.3) is 21.5 Å². The quantitative estimate of drug-likeness (QED) is 0.216. The van der Waals surface area contributed by atoms with Gasteiger partial charge in [-0.05, 0) is 29.0 Å². The van der Waals surface area contributed by atoms with Gasteiger partial charge in [0.25, 0.3) is 10.1 Å². The molecule has 0 spiro atoms. The van der Waals surface area contributed by atoms with Crippen molar-refractivity contribution in [3.05, 3.63) is 66.7 Å². The number of rotatable bonds is 4. The maximum absolute atomic E-state index is 12.2. The molecule has 1 N–H and O–H groups in total. The van der Waals surface area contributed by atoms with E-state index in [0.29, 0.717) is 5.39 Å². The maximum atomic E-state index is 12.2. The predicted octanol–water partition coefficient (Wildman–Crippen LogP) is 3.25. The third-order valence-corrected chi connectivity index (χ3v) is 6.54. The van der Waals surface area contributed by atoms with Gasteiger partial charge in [-0.25, -0.2) is 8.42 Å². The van der Waals surface area contributed by atoms with E-state index in [4.69, 9.17) is 0 Å². The molecule has 158 valence electrons. The summed E-state index contributed by atoms with van der Waals surface area (Å²) in [6, 6.07) is 16.1. The normalized spacial score (nSPS) is 12.3. The number of hydrogen-bond acceptors (Lipinski definition) is 8. The van der Waals surface area contributed by atoms with Gasteiger partial charge in [-0.15, -0.1) is 0 Å². The molecule has 12 heteroatoms. The molecule has 0 aliphatic rings. The van der Waals surface area contributed by atoms with E-state index in [0.717, 1.165) is 17.5 Å². The molecular formula is C20H12BaN2O7S2. The van der Waals surface area contributed by atoms with Crippen LogP contribution < -0.4 is 5.11 Å². The van der Waals surface area contributed by atoms with Crippen LogP contribution in [0.1, 0.15) is 0 Å². The molecule has 4 aromatic rings. The average Bonchev–Trinajstić information content (AvgIpc) is 2.70. The van der Waals surface area contributed by atoms with Crippen molar-refractivity contribution < 1.29 is 31.0 Å². The molecule has 0 aliphatic heterocycles. The van der Waals surface area contributed by atoms with Crippen molar-refractivity contribution in [1.82, 2.24) is 0 Å². The van der Waals surface area contributed by atoms with Gasteiger partial charge in [0.05, 0.1) is 16.3 Å². The first-order chi connectivity index (χ1) is 14.6. The van der Waals surface area contributed by atoms with Crippen LogP contribution in [-0.4, -0.2) is 74.8 Å². The Hall–Kier alpha value is -1.81. The SMILES string of the molecule is O=S(=O)([O-])c1ccc2ccc(N=Nc3c([O-])ccc4ccccc34)cc2c1S(=O)(=O)O.[Ba+2]. The molecule has 0 saturated heterocycles. The molecular weight excluding hydrogens is 582 g/mol. The summed E-state index contributed by atoms with van der Waals surface area (Å²) in [5.41, 5.74) is 0.147. The minimum absolute atomic E-state index is 0. The molecule has 4 aromatic carbocycles. The van der Waals surface area contributed by atoms with Crippen molar-refractivity contribution >= 4 is 102 Å². The van der Waals surface area contributed by atoms with Crippen LogP contribution >= 0.6 is 0 Å². The summed E-state index contributed by atoms with van der Waals surface area (Å²) in [5, 5.41) is 21.6. The van der Waals surface area contributed by atoms with E-state index in [1.165, 1.54) is 24.3 Å². The van der Waals surface area contributed by atoms with Gasteiger partial charge in [-0.3, -0.25) is 4.55 Å². The summed E-state index contributed by atoms with van der Waals surface area (Å²) >= 11 is 0. The molecule has 0 unspecified atom stereocenters. The Labute approximate surface area is 223 Å². The van der Waals surface area contributed by atoms with E-state index in [2.05, 4.69) is 10.2 Å². The zero-order valence-electron chi connectivity index (χ0n) is 16.2. The van der Waals surface area contributed by atoms with Gasteiger partial charge in [0.15, 0.2) is 0 Å². The minimum Gasteiger partial charge on any atom is -0.871 e. The molecule has 0 heterocycles. The van der Waals surface area contributed by atoms with Crippen LogP contribution in [0.15, 0.2) is 86.7 Å². The zero-order chi connectivity index (χ0) is 22.4. The van der Waals surface area contributed by atoms with Gasteiger partial charge in [-0.1, -0.05) is 54.3 Å². The summed E-state index contributed by atoms with van der Waals surface area (Å²) in [4.78, 5) is -2.11. The Bertz CT molecular complexity index is 1600. The second-order valence-corrected chi connectivity index (χ2v) is 9.27. The van der Waals surface area contributed by atoms with E-state index in [1.54, 1.807) is 30.3 Å². The Balaban J connectivity index is 0.00000289. The molecule has 0 aromatic heterocycles.